The molecule has 1 aliphatic rings. The summed E-state index contributed by atoms with van der Waals surface area (Å²) in [6.07, 6.45) is 0. The van der Waals surface area contributed by atoms with Crippen LogP contribution in [0.3, 0.4) is 0 Å². The smallest absolute Gasteiger partial charge is 0.216 e. The number of amides is 1. The van der Waals surface area contributed by atoms with Gasteiger partial charge in [-0.2, -0.15) is 0 Å². The van der Waals surface area contributed by atoms with Crippen LogP contribution < -0.4 is 10.1 Å². The first-order valence-corrected chi connectivity index (χ1v) is 9.40. The fraction of sp³-hybridized carbons (Fsp3) is 0.238. The molecule has 4 rings (SSSR count). The van der Waals surface area contributed by atoms with Crippen LogP contribution in [0.4, 0.5) is 0 Å². The summed E-state index contributed by atoms with van der Waals surface area (Å²) in [6, 6.07) is 13.6. The Hall–Kier alpha value is -3.19. The number of aromatic nitrogens is 3. The van der Waals surface area contributed by atoms with Crippen molar-refractivity contribution in [2.24, 2.45) is 4.99 Å². The number of rotatable bonds is 2. The molecule has 2 aromatic carbocycles. The molecule has 0 radical (unpaired) electrons. The van der Waals surface area contributed by atoms with Gasteiger partial charge in [0.05, 0.1) is 18.5 Å². The van der Waals surface area contributed by atoms with Crippen molar-refractivity contribution in [1.82, 2.24) is 20.1 Å². The standard InChI is InChI=1S/C18H15ClN4O.C3H7NO/c1-11-21-22-17-10-20-18(12-3-5-13(19)6-4-12)15-9-14(24-2)7-8-16(15)23(11)17;1-3(5)4-2/h3-9H,10H2,1-2H3;1-2H3,(H,4,5). The van der Waals surface area contributed by atoms with Crippen LogP contribution in [0.15, 0.2) is 47.5 Å². The van der Waals surface area contributed by atoms with E-state index in [4.69, 9.17) is 21.3 Å². The second-order valence-corrected chi connectivity index (χ2v) is 6.80. The normalized spacial score (nSPS) is 11.8. The maximum atomic E-state index is 9.70. The van der Waals surface area contributed by atoms with E-state index in [0.29, 0.717) is 11.6 Å². The SMILES string of the molecule is CNC(C)=O.COc1ccc2c(c1)C(c1ccc(Cl)cc1)=NCc1nnc(C)n1-2. The van der Waals surface area contributed by atoms with Crippen molar-refractivity contribution in [2.75, 3.05) is 14.2 Å². The molecule has 0 unspecified atom stereocenters. The van der Waals surface area contributed by atoms with Crippen molar-refractivity contribution in [3.05, 3.63) is 70.3 Å². The highest BCUT2D eigenvalue weighted by Crippen LogP contribution is 2.29. The molecule has 0 bridgehead atoms. The van der Waals surface area contributed by atoms with Crippen LogP contribution >= 0.6 is 11.6 Å². The van der Waals surface area contributed by atoms with Crippen molar-refractivity contribution in [3.8, 4) is 11.4 Å². The van der Waals surface area contributed by atoms with E-state index in [9.17, 15) is 4.79 Å². The van der Waals surface area contributed by atoms with Gasteiger partial charge < -0.3 is 10.1 Å². The zero-order valence-electron chi connectivity index (χ0n) is 16.7. The quantitative estimate of drug-likeness (QED) is 0.701. The van der Waals surface area contributed by atoms with Crippen molar-refractivity contribution >= 4 is 23.2 Å². The number of carbonyl (C=O) groups excluding carboxylic acids is 1. The largest absolute Gasteiger partial charge is 0.497 e. The van der Waals surface area contributed by atoms with Gasteiger partial charge in [0.25, 0.3) is 0 Å². The van der Waals surface area contributed by atoms with Gasteiger partial charge in [-0.05, 0) is 37.3 Å². The molecule has 8 heteroatoms. The third kappa shape index (κ3) is 4.46. The van der Waals surface area contributed by atoms with Gasteiger partial charge in [-0.3, -0.25) is 14.4 Å². The number of nitrogens with zero attached hydrogens (tertiary/aromatic N) is 4. The van der Waals surface area contributed by atoms with E-state index in [1.807, 2.05) is 54.0 Å². The fourth-order valence-corrected chi connectivity index (χ4v) is 3.06. The molecule has 3 aromatic rings. The van der Waals surface area contributed by atoms with E-state index in [1.54, 1.807) is 14.2 Å². The minimum Gasteiger partial charge on any atom is -0.497 e. The van der Waals surface area contributed by atoms with Crippen LogP contribution in [-0.4, -0.2) is 40.5 Å². The van der Waals surface area contributed by atoms with Crippen molar-refractivity contribution in [2.45, 2.75) is 20.4 Å². The van der Waals surface area contributed by atoms with E-state index in [1.165, 1.54) is 6.92 Å². The van der Waals surface area contributed by atoms with Crippen LogP contribution in [-0.2, 0) is 11.3 Å². The molecule has 0 aliphatic carbocycles. The summed E-state index contributed by atoms with van der Waals surface area (Å²) < 4.78 is 7.45. The van der Waals surface area contributed by atoms with E-state index >= 15 is 0 Å². The number of fused-ring (bicyclic) bond motifs is 3. The van der Waals surface area contributed by atoms with Gasteiger partial charge in [0.15, 0.2) is 5.82 Å². The zero-order valence-corrected chi connectivity index (χ0v) is 17.5. The minimum absolute atomic E-state index is 0.00463. The Balaban J connectivity index is 0.000000431. The number of halogens is 1. The van der Waals surface area contributed by atoms with Gasteiger partial charge in [0, 0.05) is 30.1 Å². The summed E-state index contributed by atoms with van der Waals surface area (Å²) in [5.74, 6) is 2.45. The maximum Gasteiger partial charge on any atom is 0.216 e. The molecule has 0 saturated heterocycles. The van der Waals surface area contributed by atoms with Crippen LogP contribution in [0.5, 0.6) is 5.75 Å². The number of methoxy groups -OCH3 is 1. The van der Waals surface area contributed by atoms with E-state index in [0.717, 1.165) is 39.9 Å². The number of nitrogens with one attached hydrogen (secondary N) is 1. The number of hydrogen-bond acceptors (Lipinski definition) is 5. The van der Waals surface area contributed by atoms with Gasteiger partial charge >= 0.3 is 0 Å². The molecular weight excluding hydrogens is 390 g/mol. The second-order valence-electron chi connectivity index (χ2n) is 6.36. The molecule has 1 amide bonds. The molecule has 150 valence electrons. The topological polar surface area (TPSA) is 81.4 Å². The van der Waals surface area contributed by atoms with Crippen molar-refractivity contribution < 1.29 is 9.53 Å². The monoisotopic (exact) mass is 411 g/mol. The number of hydrogen-bond donors (Lipinski definition) is 1. The molecule has 0 saturated carbocycles. The fourth-order valence-electron chi connectivity index (χ4n) is 2.94. The first kappa shape index (κ1) is 20.5. The zero-order chi connectivity index (χ0) is 21.0. The Morgan fingerprint density at radius 2 is 1.86 bits per heavy atom. The molecule has 1 aliphatic heterocycles. The highest BCUT2D eigenvalue weighted by atomic mass is 35.5. The van der Waals surface area contributed by atoms with Gasteiger partial charge in [-0.25, -0.2) is 0 Å². The molecule has 0 fully saturated rings. The van der Waals surface area contributed by atoms with Crippen LogP contribution in [0.2, 0.25) is 5.02 Å². The molecule has 0 spiro atoms. The highest BCUT2D eigenvalue weighted by molar-refractivity contribution is 6.30. The Morgan fingerprint density at radius 3 is 2.48 bits per heavy atom. The van der Waals surface area contributed by atoms with Gasteiger partial charge in [-0.15, -0.1) is 10.2 Å². The Bertz CT molecular complexity index is 1060. The number of carbonyl (C=O) groups is 1. The van der Waals surface area contributed by atoms with Crippen molar-refractivity contribution in [1.29, 1.82) is 0 Å². The van der Waals surface area contributed by atoms with Crippen LogP contribution in [0, 0.1) is 6.92 Å². The Morgan fingerprint density at radius 1 is 1.17 bits per heavy atom. The van der Waals surface area contributed by atoms with Gasteiger partial charge in [-0.1, -0.05) is 23.7 Å². The lowest BCUT2D eigenvalue weighted by Crippen LogP contribution is -2.11. The number of aryl methyl sites for hydroxylation is 1. The molecule has 7 nitrogen and oxygen atoms in total. The summed E-state index contributed by atoms with van der Waals surface area (Å²) in [7, 11) is 3.26. The number of benzene rings is 2. The van der Waals surface area contributed by atoms with Crippen LogP contribution in [0.25, 0.3) is 5.69 Å². The maximum absolute atomic E-state index is 9.70. The molecular formula is C21H22ClN5O2. The average molecular weight is 412 g/mol. The molecule has 0 atom stereocenters. The van der Waals surface area contributed by atoms with E-state index in [2.05, 4.69) is 15.5 Å². The summed E-state index contributed by atoms with van der Waals surface area (Å²) in [5, 5.41) is 11.5. The summed E-state index contributed by atoms with van der Waals surface area (Å²) in [6.45, 7) is 3.88. The van der Waals surface area contributed by atoms with Crippen molar-refractivity contribution in [3.63, 3.8) is 0 Å². The number of ether oxygens (including phenoxy) is 1. The Labute approximate surface area is 174 Å². The summed E-state index contributed by atoms with van der Waals surface area (Å²) in [4.78, 5) is 14.5. The lowest BCUT2D eigenvalue weighted by Gasteiger charge is -2.14. The highest BCUT2D eigenvalue weighted by Gasteiger charge is 2.22. The lowest BCUT2D eigenvalue weighted by atomic mass is 10.00. The minimum atomic E-state index is 0.00463. The first-order valence-electron chi connectivity index (χ1n) is 9.03. The van der Waals surface area contributed by atoms with Gasteiger partial charge in [0.2, 0.25) is 5.91 Å². The Kier molecular flexibility index (Phi) is 6.29. The second kappa shape index (κ2) is 8.87. The molecule has 1 aromatic heterocycles. The molecule has 1 N–H and O–H groups in total. The number of aliphatic imine (C=N–C) groups is 1. The average Bonchev–Trinajstić information content (AvgIpc) is 3.01. The molecule has 29 heavy (non-hydrogen) atoms. The third-order valence-corrected chi connectivity index (χ3v) is 4.69. The van der Waals surface area contributed by atoms with E-state index in [-0.39, 0.29) is 5.91 Å². The van der Waals surface area contributed by atoms with Gasteiger partial charge in [0.1, 0.15) is 18.1 Å². The summed E-state index contributed by atoms with van der Waals surface area (Å²) >= 11 is 6.02. The summed E-state index contributed by atoms with van der Waals surface area (Å²) in [5.41, 5.74) is 3.88. The third-order valence-electron chi connectivity index (χ3n) is 4.44. The predicted octanol–water partition coefficient (Wildman–Crippen LogP) is 3.34. The van der Waals surface area contributed by atoms with E-state index < -0.39 is 0 Å². The van der Waals surface area contributed by atoms with Crippen LogP contribution in [0.1, 0.15) is 29.7 Å². The lowest BCUT2D eigenvalue weighted by molar-refractivity contribution is -0.118. The first-order chi connectivity index (χ1) is 13.9. The predicted molar refractivity (Wildman–Crippen MR) is 113 cm³/mol. The molecule has 2 heterocycles.